The van der Waals surface area contributed by atoms with Gasteiger partial charge < -0.3 is 10.1 Å². The molecule has 0 radical (unpaired) electrons. The summed E-state index contributed by atoms with van der Waals surface area (Å²) in [5.41, 5.74) is 0.431. The maximum Gasteiger partial charge on any atom is 0.407 e. The van der Waals surface area contributed by atoms with E-state index in [2.05, 4.69) is 17.2 Å². The monoisotopic (exact) mass is 279 g/mol. The van der Waals surface area contributed by atoms with Gasteiger partial charge in [-0.1, -0.05) is 23.4 Å². The second-order valence-corrected chi connectivity index (χ2v) is 5.42. The van der Waals surface area contributed by atoms with Crippen molar-refractivity contribution in [1.29, 1.82) is 0 Å². The van der Waals surface area contributed by atoms with Gasteiger partial charge in [-0.25, -0.2) is 4.79 Å². The Balaban J connectivity index is 2.28. The Morgan fingerprint density at radius 3 is 2.53 bits per heavy atom. The lowest BCUT2D eigenvalue weighted by molar-refractivity contribution is 0.0529. The van der Waals surface area contributed by atoms with Gasteiger partial charge in [0, 0.05) is 23.6 Å². The highest BCUT2D eigenvalue weighted by Gasteiger charge is 2.15. The number of carbonyl (C=O) groups excluding carboxylic acids is 1. The molecule has 0 aliphatic rings. The standard InChI is InChI=1S/C15H18ClNO2/c1-15(2,3)19-14(18)17-11-5-4-6-12-7-9-13(16)10-8-12/h7-10H,5,11H2,1-3H3,(H,17,18). The number of rotatable bonds is 2. The average Bonchev–Trinajstić information content (AvgIpc) is 2.29. The van der Waals surface area contributed by atoms with E-state index >= 15 is 0 Å². The molecule has 0 fully saturated rings. The van der Waals surface area contributed by atoms with Gasteiger partial charge in [0.25, 0.3) is 0 Å². The van der Waals surface area contributed by atoms with Crippen LogP contribution in [0.5, 0.6) is 0 Å². The summed E-state index contributed by atoms with van der Waals surface area (Å²) >= 11 is 5.77. The highest BCUT2D eigenvalue weighted by Crippen LogP contribution is 2.08. The first-order valence-corrected chi connectivity index (χ1v) is 6.46. The summed E-state index contributed by atoms with van der Waals surface area (Å²) in [6, 6.07) is 7.31. The fraction of sp³-hybridized carbons (Fsp3) is 0.400. The smallest absolute Gasteiger partial charge is 0.407 e. The van der Waals surface area contributed by atoms with Gasteiger partial charge in [-0.15, -0.1) is 0 Å². The van der Waals surface area contributed by atoms with Gasteiger partial charge in [0.2, 0.25) is 0 Å². The van der Waals surface area contributed by atoms with Crippen LogP contribution in [0.15, 0.2) is 24.3 Å². The highest BCUT2D eigenvalue weighted by atomic mass is 35.5. The van der Waals surface area contributed by atoms with Crippen LogP contribution in [-0.2, 0) is 4.74 Å². The van der Waals surface area contributed by atoms with Crippen molar-refractivity contribution in [2.75, 3.05) is 6.54 Å². The third kappa shape index (κ3) is 7.38. The van der Waals surface area contributed by atoms with Gasteiger partial charge in [-0.05, 0) is 45.0 Å². The molecule has 4 heteroatoms. The zero-order valence-corrected chi connectivity index (χ0v) is 12.2. The van der Waals surface area contributed by atoms with E-state index < -0.39 is 11.7 Å². The third-order valence-electron chi connectivity index (χ3n) is 2.00. The Morgan fingerprint density at radius 1 is 1.32 bits per heavy atom. The van der Waals surface area contributed by atoms with Crippen molar-refractivity contribution in [2.24, 2.45) is 0 Å². The van der Waals surface area contributed by atoms with E-state index in [0.29, 0.717) is 18.0 Å². The van der Waals surface area contributed by atoms with E-state index in [-0.39, 0.29) is 0 Å². The minimum atomic E-state index is -0.473. The quantitative estimate of drug-likeness (QED) is 0.663. The van der Waals surface area contributed by atoms with Crippen LogP contribution >= 0.6 is 11.6 Å². The largest absolute Gasteiger partial charge is 0.444 e. The van der Waals surface area contributed by atoms with Crippen LogP contribution in [0, 0.1) is 11.8 Å². The van der Waals surface area contributed by atoms with Crippen LogP contribution in [0.2, 0.25) is 5.02 Å². The molecule has 0 unspecified atom stereocenters. The van der Waals surface area contributed by atoms with Gasteiger partial charge in [0.1, 0.15) is 5.60 Å². The molecular formula is C15H18ClNO2. The molecule has 0 spiro atoms. The molecule has 102 valence electrons. The van der Waals surface area contributed by atoms with Crippen LogP contribution in [0.25, 0.3) is 0 Å². The van der Waals surface area contributed by atoms with Crippen molar-refractivity contribution >= 4 is 17.7 Å². The second kappa shape index (κ2) is 7.06. The molecule has 1 aromatic carbocycles. The van der Waals surface area contributed by atoms with Gasteiger partial charge >= 0.3 is 6.09 Å². The molecule has 19 heavy (non-hydrogen) atoms. The summed E-state index contributed by atoms with van der Waals surface area (Å²) in [4.78, 5) is 11.3. The summed E-state index contributed by atoms with van der Waals surface area (Å²) in [5.74, 6) is 5.97. The van der Waals surface area contributed by atoms with Gasteiger partial charge in [0.05, 0.1) is 0 Å². The van der Waals surface area contributed by atoms with E-state index in [9.17, 15) is 4.79 Å². The van der Waals surface area contributed by atoms with E-state index in [1.54, 1.807) is 12.1 Å². The van der Waals surface area contributed by atoms with Crippen molar-refractivity contribution in [3.05, 3.63) is 34.9 Å². The molecule has 0 heterocycles. The number of amides is 1. The average molecular weight is 280 g/mol. The Kier molecular flexibility index (Phi) is 5.72. The van der Waals surface area contributed by atoms with Crippen LogP contribution in [0.3, 0.4) is 0 Å². The molecule has 0 saturated carbocycles. The van der Waals surface area contributed by atoms with Gasteiger partial charge in [-0.2, -0.15) is 0 Å². The SMILES string of the molecule is CC(C)(C)OC(=O)NCCC#Cc1ccc(Cl)cc1. The molecule has 0 atom stereocenters. The Morgan fingerprint density at radius 2 is 1.95 bits per heavy atom. The molecule has 1 rings (SSSR count). The first-order chi connectivity index (χ1) is 8.87. The minimum absolute atomic E-state index is 0.416. The summed E-state index contributed by atoms with van der Waals surface area (Å²) in [6.45, 7) is 5.95. The summed E-state index contributed by atoms with van der Waals surface area (Å²) in [5, 5.41) is 3.34. The zero-order valence-electron chi connectivity index (χ0n) is 11.4. The molecule has 1 N–H and O–H groups in total. The Hall–Kier alpha value is -1.66. The van der Waals surface area contributed by atoms with Crippen molar-refractivity contribution in [1.82, 2.24) is 5.32 Å². The minimum Gasteiger partial charge on any atom is -0.444 e. The molecule has 1 amide bonds. The van der Waals surface area contributed by atoms with Crippen LogP contribution in [0.4, 0.5) is 4.79 Å². The van der Waals surface area contributed by atoms with Crippen molar-refractivity contribution in [3.8, 4) is 11.8 Å². The maximum atomic E-state index is 11.3. The summed E-state index contributed by atoms with van der Waals surface area (Å²) in [7, 11) is 0. The van der Waals surface area contributed by atoms with Gasteiger partial charge in [0.15, 0.2) is 0 Å². The third-order valence-corrected chi connectivity index (χ3v) is 2.25. The number of hydrogen-bond acceptors (Lipinski definition) is 2. The Bertz CT molecular complexity index is 478. The fourth-order valence-electron chi connectivity index (χ4n) is 1.24. The van der Waals surface area contributed by atoms with Crippen molar-refractivity contribution < 1.29 is 9.53 Å². The first kappa shape index (κ1) is 15.4. The highest BCUT2D eigenvalue weighted by molar-refractivity contribution is 6.30. The number of carbonyl (C=O) groups is 1. The van der Waals surface area contributed by atoms with Crippen molar-refractivity contribution in [2.45, 2.75) is 32.8 Å². The van der Waals surface area contributed by atoms with E-state index in [1.807, 2.05) is 32.9 Å². The predicted molar refractivity (Wildman–Crippen MR) is 77.2 cm³/mol. The van der Waals surface area contributed by atoms with Crippen LogP contribution < -0.4 is 5.32 Å². The lowest BCUT2D eigenvalue weighted by Crippen LogP contribution is -2.32. The van der Waals surface area contributed by atoms with Crippen LogP contribution in [0.1, 0.15) is 32.8 Å². The van der Waals surface area contributed by atoms with E-state index in [1.165, 1.54) is 0 Å². The number of nitrogens with one attached hydrogen (secondary N) is 1. The maximum absolute atomic E-state index is 11.3. The molecule has 0 bridgehead atoms. The molecular weight excluding hydrogens is 262 g/mol. The molecule has 0 aromatic heterocycles. The topological polar surface area (TPSA) is 38.3 Å². The molecule has 0 aliphatic carbocycles. The molecule has 0 saturated heterocycles. The van der Waals surface area contributed by atoms with Crippen molar-refractivity contribution in [3.63, 3.8) is 0 Å². The van der Waals surface area contributed by atoms with E-state index in [4.69, 9.17) is 16.3 Å². The Labute approximate surface area is 119 Å². The normalized spacial score (nSPS) is 10.3. The van der Waals surface area contributed by atoms with Gasteiger partial charge in [-0.3, -0.25) is 0 Å². The lowest BCUT2D eigenvalue weighted by atomic mass is 10.2. The lowest BCUT2D eigenvalue weighted by Gasteiger charge is -2.19. The number of benzene rings is 1. The molecule has 0 aliphatic heterocycles. The predicted octanol–water partition coefficient (Wildman–Crippen LogP) is 3.61. The molecule has 3 nitrogen and oxygen atoms in total. The summed E-state index contributed by atoms with van der Waals surface area (Å²) in [6.07, 6.45) is 0.155. The second-order valence-electron chi connectivity index (χ2n) is 4.99. The fourth-order valence-corrected chi connectivity index (χ4v) is 1.37. The molecule has 1 aromatic rings. The zero-order chi connectivity index (χ0) is 14.3. The van der Waals surface area contributed by atoms with E-state index in [0.717, 1.165) is 5.56 Å². The van der Waals surface area contributed by atoms with Crippen LogP contribution in [-0.4, -0.2) is 18.2 Å². The number of hydrogen-bond donors (Lipinski definition) is 1. The first-order valence-electron chi connectivity index (χ1n) is 6.08. The number of ether oxygens (including phenoxy) is 1. The summed E-state index contributed by atoms with van der Waals surface area (Å²) < 4.78 is 5.10. The number of halogens is 1. The number of alkyl carbamates (subject to hydrolysis) is 1.